The van der Waals surface area contributed by atoms with Crippen LogP contribution in [-0.4, -0.2) is 5.54 Å². The molecule has 2 nitrogen and oxygen atoms in total. The predicted molar refractivity (Wildman–Crippen MR) is 52.9 cm³/mol. The first-order valence-corrected chi connectivity index (χ1v) is 4.88. The maximum atomic E-state index is 6.11. The van der Waals surface area contributed by atoms with Crippen molar-refractivity contribution in [2.45, 2.75) is 37.6 Å². The van der Waals surface area contributed by atoms with Crippen LogP contribution in [0.1, 0.15) is 32.4 Å². The van der Waals surface area contributed by atoms with E-state index in [1.807, 2.05) is 19.9 Å². The summed E-state index contributed by atoms with van der Waals surface area (Å²) in [6.07, 6.45) is 2.20. The van der Waals surface area contributed by atoms with Gasteiger partial charge in [-0.3, -0.25) is 0 Å². The zero-order chi connectivity index (χ0) is 9.69. The van der Waals surface area contributed by atoms with Crippen molar-refractivity contribution in [2.24, 2.45) is 5.73 Å². The zero-order valence-electron chi connectivity index (χ0n) is 7.93. The third kappa shape index (κ3) is 1.29. The van der Waals surface area contributed by atoms with Gasteiger partial charge in [0.25, 0.3) is 0 Å². The highest BCUT2D eigenvalue weighted by molar-refractivity contribution is 6.28. The summed E-state index contributed by atoms with van der Waals surface area (Å²) in [6.45, 7) is 4.08. The van der Waals surface area contributed by atoms with E-state index in [2.05, 4.69) is 0 Å². The van der Waals surface area contributed by atoms with Crippen LogP contribution in [-0.2, 0) is 5.41 Å². The summed E-state index contributed by atoms with van der Waals surface area (Å²) < 4.78 is 5.42. The van der Waals surface area contributed by atoms with Crippen LogP contribution in [0.5, 0.6) is 0 Å². The predicted octanol–water partition coefficient (Wildman–Crippen LogP) is 2.70. The fourth-order valence-corrected chi connectivity index (χ4v) is 2.05. The molecule has 0 saturated heterocycles. The molecule has 0 spiro atoms. The summed E-state index contributed by atoms with van der Waals surface area (Å²) in [4.78, 5) is 0. The molecule has 3 heteroatoms. The molecule has 0 radical (unpaired) electrons. The van der Waals surface area contributed by atoms with Crippen LogP contribution in [0.25, 0.3) is 0 Å². The maximum Gasteiger partial charge on any atom is 0.193 e. The first kappa shape index (κ1) is 9.10. The maximum absolute atomic E-state index is 6.11. The van der Waals surface area contributed by atoms with E-state index >= 15 is 0 Å². The minimum Gasteiger partial charge on any atom is -0.449 e. The van der Waals surface area contributed by atoms with E-state index in [4.69, 9.17) is 21.8 Å². The molecule has 0 atom stereocenters. The van der Waals surface area contributed by atoms with E-state index in [0.717, 1.165) is 18.6 Å². The molecule has 13 heavy (non-hydrogen) atoms. The first-order valence-electron chi connectivity index (χ1n) is 4.50. The van der Waals surface area contributed by atoms with Gasteiger partial charge in [-0.1, -0.05) is 0 Å². The second-order valence-corrected chi connectivity index (χ2v) is 4.78. The molecule has 0 aromatic carbocycles. The van der Waals surface area contributed by atoms with E-state index in [0.29, 0.717) is 5.22 Å². The zero-order valence-corrected chi connectivity index (χ0v) is 8.69. The first-order chi connectivity index (χ1) is 5.96. The van der Waals surface area contributed by atoms with Gasteiger partial charge in [0.15, 0.2) is 5.22 Å². The Morgan fingerprint density at radius 3 is 2.38 bits per heavy atom. The lowest BCUT2D eigenvalue weighted by molar-refractivity contribution is 0.329. The van der Waals surface area contributed by atoms with Crippen molar-refractivity contribution in [2.75, 3.05) is 0 Å². The van der Waals surface area contributed by atoms with Crippen molar-refractivity contribution >= 4 is 11.6 Å². The standard InChI is InChI=1S/C10H14ClNO/c1-9(2,12)10(5-6-10)7-3-4-8(11)13-7/h3-4H,5-6,12H2,1-2H3. The summed E-state index contributed by atoms with van der Waals surface area (Å²) in [5, 5.41) is 0.450. The van der Waals surface area contributed by atoms with Crippen molar-refractivity contribution in [3.8, 4) is 0 Å². The number of hydrogen-bond acceptors (Lipinski definition) is 2. The number of hydrogen-bond donors (Lipinski definition) is 1. The van der Waals surface area contributed by atoms with Gasteiger partial charge >= 0.3 is 0 Å². The SMILES string of the molecule is CC(C)(N)C1(c2ccc(Cl)o2)CC1. The van der Waals surface area contributed by atoms with Crippen molar-refractivity contribution in [1.82, 2.24) is 0 Å². The Kier molecular flexibility index (Phi) is 1.76. The van der Waals surface area contributed by atoms with Gasteiger partial charge in [0, 0.05) is 11.0 Å². The van der Waals surface area contributed by atoms with Crippen LogP contribution < -0.4 is 5.73 Å². The molecular formula is C10H14ClNO. The minimum atomic E-state index is -0.228. The second-order valence-electron chi connectivity index (χ2n) is 4.41. The fraction of sp³-hybridized carbons (Fsp3) is 0.600. The largest absolute Gasteiger partial charge is 0.449 e. The van der Waals surface area contributed by atoms with Crippen LogP contribution in [0.3, 0.4) is 0 Å². The molecule has 1 aromatic rings. The van der Waals surface area contributed by atoms with Crippen LogP contribution in [0.15, 0.2) is 16.5 Å². The summed E-state index contributed by atoms with van der Waals surface area (Å²) in [5.41, 5.74) is 5.91. The van der Waals surface area contributed by atoms with E-state index in [-0.39, 0.29) is 11.0 Å². The van der Waals surface area contributed by atoms with Crippen LogP contribution >= 0.6 is 11.6 Å². The molecule has 0 bridgehead atoms. The van der Waals surface area contributed by atoms with Gasteiger partial charge in [0.2, 0.25) is 0 Å². The van der Waals surface area contributed by atoms with Gasteiger partial charge in [0.1, 0.15) is 5.76 Å². The van der Waals surface area contributed by atoms with Crippen molar-refractivity contribution in [3.63, 3.8) is 0 Å². The van der Waals surface area contributed by atoms with Gasteiger partial charge in [-0.2, -0.15) is 0 Å². The number of rotatable bonds is 2. The van der Waals surface area contributed by atoms with E-state index < -0.39 is 0 Å². The topological polar surface area (TPSA) is 39.2 Å². The van der Waals surface area contributed by atoms with Gasteiger partial charge in [-0.05, 0) is 50.4 Å². The lowest BCUT2D eigenvalue weighted by atomic mass is 9.83. The summed E-state index contributed by atoms with van der Waals surface area (Å²) in [6, 6.07) is 3.71. The van der Waals surface area contributed by atoms with Crippen LogP contribution in [0, 0.1) is 0 Å². The van der Waals surface area contributed by atoms with Crippen LogP contribution in [0.4, 0.5) is 0 Å². The molecule has 1 aliphatic carbocycles. The molecule has 1 heterocycles. The average Bonchev–Trinajstić information content (AvgIpc) is 2.70. The summed E-state index contributed by atoms with van der Waals surface area (Å²) >= 11 is 5.74. The Labute approximate surface area is 83.1 Å². The molecule has 2 N–H and O–H groups in total. The summed E-state index contributed by atoms with van der Waals surface area (Å²) in [5.74, 6) is 0.935. The monoisotopic (exact) mass is 199 g/mol. The van der Waals surface area contributed by atoms with E-state index in [9.17, 15) is 0 Å². The molecular weight excluding hydrogens is 186 g/mol. The fourth-order valence-electron chi connectivity index (χ4n) is 1.90. The Bertz CT molecular complexity index is 320. The van der Waals surface area contributed by atoms with E-state index in [1.165, 1.54) is 0 Å². The average molecular weight is 200 g/mol. The lowest BCUT2D eigenvalue weighted by Gasteiger charge is -2.28. The lowest BCUT2D eigenvalue weighted by Crippen LogP contribution is -2.45. The van der Waals surface area contributed by atoms with Gasteiger partial charge in [0.05, 0.1) is 0 Å². The molecule has 1 aliphatic rings. The number of halogens is 1. The summed E-state index contributed by atoms with van der Waals surface area (Å²) in [7, 11) is 0. The molecule has 1 saturated carbocycles. The highest BCUT2D eigenvalue weighted by Crippen LogP contribution is 2.55. The number of furan rings is 1. The molecule has 0 amide bonds. The van der Waals surface area contributed by atoms with Gasteiger partial charge in [-0.15, -0.1) is 0 Å². The third-order valence-corrected chi connectivity index (χ3v) is 3.23. The Morgan fingerprint density at radius 2 is 2.08 bits per heavy atom. The molecule has 1 fully saturated rings. The normalized spacial score (nSPS) is 20.3. The molecule has 0 unspecified atom stereocenters. The second kappa shape index (κ2) is 2.52. The van der Waals surface area contributed by atoms with Crippen molar-refractivity contribution in [3.05, 3.63) is 23.1 Å². The molecule has 72 valence electrons. The number of nitrogens with two attached hydrogens (primary N) is 1. The quantitative estimate of drug-likeness (QED) is 0.796. The highest BCUT2D eigenvalue weighted by atomic mass is 35.5. The van der Waals surface area contributed by atoms with Gasteiger partial charge in [-0.25, -0.2) is 0 Å². The smallest absolute Gasteiger partial charge is 0.193 e. The van der Waals surface area contributed by atoms with Crippen molar-refractivity contribution in [1.29, 1.82) is 0 Å². The molecule has 2 rings (SSSR count). The minimum absolute atomic E-state index is 0.0279. The van der Waals surface area contributed by atoms with Gasteiger partial charge < -0.3 is 10.2 Å². The highest BCUT2D eigenvalue weighted by Gasteiger charge is 2.56. The molecule has 0 aliphatic heterocycles. The third-order valence-electron chi connectivity index (χ3n) is 3.03. The van der Waals surface area contributed by atoms with Crippen LogP contribution in [0.2, 0.25) is 5.22 Å². The molecule has 1 aromatic heterocycles. The Hall–Kier alpha value is -0.470. The van der Waals surface area contributed by atoms with E-state index in [1.54, 1.807) is 6.07 Å². The Balaban J connectivity index is 2.36. The Morgan fingerprint density at radius 1 is 1.46 bits per heavy atom. The van der Waals surface area contributed by atoms with Crippen molar-refractivity contribution < 1.29 is 4.42 Å².